The van der Waals surface area contributed by atoms with Gasteiger partial charge < -0.3 is 4.98 Å². The number of aromatic amines is 1. The standard InChI is InChI=1S/C23H17NO2.C3H8.2C2H6/c25-22(23(26)20-15-24-21-13-7-6-12-19(20)21)14-17-10-4-5-11-18(17)16-8-2-1-3-9-16;1-3-2;2*1-2/h1-13,15,24H,14H2;3H2,1-2H3;2*1-2H3. The fraction of sp³-hybridized carbons (Fsp3) is 0.267. The van der Waals surface area contributed by atoms with Crippen LogP contribution in [0.4, 0.5) is 0 Å². The molecule has 3 nitrogen and oxygen atoms in total. The fourth-order valence-corrected chi connectivity index (χ4v) is 3.24. The Morgan fingerprint density at radius 1 is 0.727 bits per heavy atom. The molecule has 1 aromatic heterocycles. The molecule has 4 rings (SSSR count). The number of nitrogens with one attached hydrogen (secondary N) is 1. The zero-order valence-electron chi connectivity index (χ0n) is 20.8. The highest BCUT2D eigenvalue weighted by Gasteiger charge is 2.21. The minimum absolute atomic E-state index is 0.0867. The SMILES string of the molecule is CC.CC.CCC.O=C(Cc1ccccc1-c1ccccc1)C(=O)c1c[nH]c2ccccc12. The van der Waals surface area contributed by atoms with Gasteiger partial charge in [-0.25, -0.2) is 0 Å². The summed E-state index contributed by atoms with van der Waals surface area (Å²) in [5.41, 5.74) is 4.16. The number of hydrogen-bond donors (Lipinski definition) is 1. The van der Waals surface area contributed by atoms with Crippen LogP contribution in [0.25, 0.3) is 22.0 Å². The van der Waals surface area contributed by atoms with Gasteiger partial charge in [-0.1, -0.05) is 121 Å². The lowest BCUT2D eigenvalue weighted by atomic mass is 9.94. The smallest absolute Gasteiger partial charge is 0.231 e. The van der Waals surface area contributed by atoms with E-state index in [1.165, 1.54) is 6.42 Å². The molecule has 0 unspecified atom stereocenters. The number of fused-ring (bicyclic) bond motifs is 1. The third-order valence-corrected chi connectivity index (χ3v) is 4.54. The number of carbonyl (C=O) groups excluding carboxylic acids is 2. The van der Waals surface area contributed by atoms with Crippen LogP contribution in [0.5, 0.6) is 0 Å². The lowest BCUT2D eigenvalue weighted by Crippen LogP contribution is -2.16. The van der Waals surface area contributed by atoms with Crippen molar-refractivity contribution in [2.75, 3.05) is 0 Å². The van der Waals surface area contributed by atoms with Crippen molar-refractivity contribution in [1.29, 1.82) is 0 Å². The van der Waals surface area contributed by atoms with Gasteiger partial charge in [-0.05, 0) is 22.8 Å². The maximum atomic E-state index is 12.7. The number of Topliss-reactive ketones (excluding diaryl/α,β-unsaturated/α-hetero) is 2. The first-order valence-electron chi connectivity index (χ1n) is 11.9. The maximum Gasteiger partial charge on any atom is 0.231 e. The van der Waals surface area contributed by atoms with Gasteiger partial charge in [0.2, 0.25) is 11.6 Å². The van der Waals surface area contributed by atoms with Crippen LogP contribution >= 0.6 is 0 Å². The van der Waals surface area contributed by atoms with Gasteiger partial charge in [0, 0.05) is 23.5 Å². The lowest BCUT2D eigenvalue weighted by Gasteiger charge is -2.09. The molecule has 33 heavy (non-hydrogen) atoms. The van der Waals surface area contributed by atoms with Gasteiger partial charge in [-0.15, -0.1) is 0 Å². The average molecular weight is 444 g/mol. The van der Waals surface area contributed by atoms with Gasteiger partial charge in [-0.2, -0.15) is 0 Å². The van der Waals surface area contributed by atoms with Crippen LogP contribution < -0.4 is 0 Å². The number of rotatable bonds is 5. The normalized spacial score (nSPS) is 9.39. The highest BCUT2D eigenvalue weighted by Crippen LogP contribution is 2.25. The van der Waals surface area contributed by atoms with Crippen molar-refractivity contribution in [1.82, 2.24) is 4.98 Å². The highest BCUT2D eigenvalue weighted by molar-refractivity contribution is 6.46. The monoisotopic (exact) mass is 443 g/mol. The molecular formula is C30H37NO2. The summed E-state index contributed by atoms with van der Waals surface area (Å²) in [6.45, 7) is 12.2. The first-order chi connectivity index (χ1) is 16.2. The van der Waals surface area contributed by atoms with Crippen molar-refractivity contribution in [2.45, 2.75) is 54.4 Å². The average Bonchev–Trinajstić information content (AvgIpc) is 3.31. The molecule has 0 aliphatic heterocycles. The van der Waals surface area contributed by atoms with Crippen LogP contribution in [0, 0.1) is 0 Å². The van der Waals surface area contributed by atoms with Gasteiger partial charge in [0.25, 0.3) is 0 Å². The molecule has 4 aromatic rings. The van der Waals surface area contributed by atoms with Crippen molar-refractivity contribution in [3.63, 3.8) is 0 Å². The quantitative estimate of drug-likeness (QED) is 0.249. The summed E-state index contributed by atoms with van der Waals surface area (Å²) in [5.74, 6) is -0.858. The van der Waals surface area contributed by atoms with E-state index in [2.05, 4.69) is 18.8 Å². The maximum absolute atomic E-state index is 12.7. The molecule has 0 saturated carbocycles. The van der Waals surface area contributed by atoms with E-state index < -0.39 is 11.6 Å². The molecule has 3 heteroatoms. The van der Waals surface area contributed by atoms with Gasteiger partial charge in [0.15, 0.2) is 0 Å². The number of benzene rings is 3. The number of aromatic nitrogens is 1. The largest absolute Gasteiger partial charge is 0.360 e. The molecule has 0 radical (unpaired) electrons. The van der Waals surface area contributed by atoms with Gasteiger partial charge in [0.1, 0.15) is 0 Å². The van der Waals surface area contributed by atoms with Crippen LogP contribution in [-0.4, -0.2) is 16.6 Å². The Bertz CT molecular complexity index is 1110. The topological polar surface area (TPSA) is 49.9 Å². The van der Waals surface area contributed by atoms with Crippen molar-refractivity contribution in [2.24, 2.45) is 0 Å². The predicted octanol–water partition coefficient (Wildman–Crippen LogP) is 8.30. The Labute approximate surface area is 198 Å². The Morgan fingerprint density at radius 3 is 1.94 bits per heavy atom. The molecule has 3 aromatic carbocycles. The Morgan fingerprint density at radius 2 is 1.27 bits per heavy atom. The number of H-pyrrole nitrogens is 1. The summed E-state index contributed by atoms with van der Waals surface area (Å²) in [6.07, 6.45) is 2.96. The molecule has 1 N–H and O–H groups in total. The van der Waals surface area contributed by atoms with E-state index in [4.69, 9.17) is 0 Å². The number of hydrogen-bond acceptors (Lipinski definition) is 2. The van der Waals surface area contributed by atoms with Crippen molar-refractivity contribution in [3.8, 4) is 11.1 Å². The van der Waals surface area contributed by atoms with Gasteiger partial charge >= 0.3 is 0 Å². The molecule has 0 aliphatic rings. The summed E-state index contributed by atoms with van der Waals surface area (Å²) < 4.78 is 0. The number of para-hydroxylation sites is 1. The summed E-state index contributed by atoms with van der Waals surface area (Å²) in [6, 6.07) is 25.1. The first-order valence-corrected chi connectivity index (χ1v) is 11.9. The Hall–Kier alpha value is -3.46. The van der Waals surface area contributed by atoms with E-state index in [1.54, 1.807) is 6.20 Å². The van der Waals surface area contributed by atoms with E-state index in [0.29, 0.717) is 5.56 Å². The minimum Gasteiger partial charge on any atom is -0.360 e. The van der Waals surface area contributed by atoms with Crippen LogP contribution in [-0.2, 0) is 11.2 Å². The van der Waals surface area contributed by atoms with Crippen molar-refractivity contribution < 1.29 is 9.59 Å². The molecule has 0 bridgehead atoms. The van der Waals surface area contributed by atoms with E-state index in [1.807, 2.05) is 107 Å². The molecule has 0 atom stereocenters. The third kappa shape index (κ3) is 7.57. The summed E-state index contributed by atoms with van der Waals surface area (Å²) >= 11 is 0. The van der Waals surface area contributed by atoms with Crippen LogP contribution in [0.1, 0.15) is 63.9 Å². The summed E-state index contributed by atoms with van der Waals surface area (Å²) in [5, 5.41) is 0.780. The van der Waals surface area contributed by atoms with Crippen molar-refractivity contribution >= 4 is 22.5 Å². The fourth-order valence-electron chi connectivity index (χ4n) is 3.24. The Balaban J connectivity index is 0.000000705. The summed E-state index contributed by atoms with van der Waals surface area (Å²) in [7, 11) is 0. The van der Waals surface area contributed by atoms with Gasteiger partial charge in [-0.3, -0.25) is 9.59 Å². The molecule has 0 saturated heterocycles. The number of ketones is 2. The molecule has 0 spiro atoms. The van der Waals surface area contributed by atoms with E-state index in [-0.39, 0.29) is 6.42 Å². The molecule has 174 valence electrons. The third-order valence-electron chi connectivity index (χ3n) is 4.54. The van der Waals surface area contributed by atoms with Crippen LogP contribution in [0.3, 0.4) is 0 Å². The first kappa shape index (κ1) is 27.6. The minimum atomic E-state index is -0.453. The van der Waals surface area contributed by atoms with Crippen LogP contribution in [0.2, 0.25) is 0 Å². The van der Waals surface area contributed by atoms with E-state index in [0.717, 1.165) is 27.6 Å². The number of carbonyl (C=O) groups is 2. The van der Waals surface area contributed by atoms with Crippen molar-refractivity contribution in [3.05, 3.63) is 96.2 Å². The zero-order valence-corrected chi connectivity index (χ0v) is 20.8. The molecule has 0 fully saturated rings. The molecular weight excluding hydrogens is 406 g/mol. The molecule has 0 aliphatic carbocycles. The lowest BCUT2D eigenvalue weighted by molar-refractivity contribution is -0.114. The Kier molecular flexibility index (Phi) is 12.8. The zero-order chi connectivity index (χ0) is 24.6. The molecule has 0 amide bonds. The second-order valence-electron chi connectivity index (χ2n) is 6.91. The second kappa shape index (κ2) is 15.4. The highest BCUT2D eigenvalue weighted by atomic mass is 16.2. The molecule has 1 heterocycles. The van der Waals surface area contributed by atoms with E-state index in [9.17, 15) is 9.59 Å². The second-order valence-corrected chi connectivity index (χ2v) is 6.91. The summed E-state index contributed by atoms with van der Waals surface area (Å²) in [4.78, 5) is 28.4. The van der Waals surface area contributed by atoms with E-state index >= 15 is 0 Å². The predicted molar refractivity (Wildman–Crippen MR) is 142 cm³/mol. The van der Waals surface area contributed by atoms with Gasteiger partial charge in [0.05, 0.1) is 5.56 Å². The van der Waals surface area contributed by atoms with Crippen LogP contribution in [0.15, 0.2) is 85.1 Å².